The van der Waals surface area contributed by atoms with E-state index in [1.807, 2.05) is 6.92 Å². The molecule has 3 aliphatic rings. The van der Waals surface area contributed by atoms with E-state index in [0.717, 1.165) is 30.6 Å². The van der Waals surface area contributed by atoms with E-state index in [-0.39, 0.29) is 82.2 Å². The van der Waals surface area contributed by atoms with Crippen molar-refractivity contribution in [3.8, 4) is 0 Å². The Morgan fingerprint density at radius 2 is 1.15 bits per heavy atom. The van der Waals surface area contributed by atoms with E-state index >= 15 is 0 Å². The van der Waals surface area contributed by atoms with Crippen LogP contribution in [0.2, 0.25) is 0 Å². The highest BCUT2D eigenvalue weighted by atomic mass is 16.7. The normalized spacial score (nSPS) is 18.1. The first-order valence-electron chi connectivity index (χ1n) is 18.4. The predicted octanol–water partition coefficient (Wildman–Crippen LogP) is -0.361. The van der Waals surface area contributed by atoms with Gasteiger partial charge in [-0.3, -0.25) is 33.6 Å². The highest BCUT2D eigenvalue weighted by Gasteiger charge is 2.34. The lowest BCUT2D eigenvalue weighted by molar-refractivity contribution is -0.198. The Bertz CT molecular complexity index is 1320. The van der Waals surface area contributed by atoms with Gasteiger partial charge in [-0.05, 0) is 32.6 Å². The van der Waals surface area contributed by atoms with Crippen LogP contribution in [0.25, 0.3) is 0 Å². The fourth-order valence-corrected chi connectivity index (χ4v) is 5.68. The molecule has 9 amide bonds. The van der Waals surface area contributed by atoms with Gasteiger partial charge in [-0.25, -0.2) is 14.4 Å². The summed E-state index contributed by atoms with van der Waals surface area (Å²) in [5.74, 6) is -5.66. The molecule has 0 bridgehead atoms. The van der Waals surface area contributed by atoms with Gasteiger partial charge in [0.05, 0.1) is 18.9 Å². The van der Waals surface area contributed by atoms with Crippen LogP contribution in [-0.2, 0) is 57.6 Å². The summed E-state index contributed by atoms with van der Waals surface area (Å²) in [4.78, 5) is 131. The molecule has 2 atom stereocenters. The molecule has 3 rings (SSSR count). The third-order valence-corrected chi connectivity index (χ3v) is 8.76. The van der Waals surface area contributed by atoms with Crippen LogP contribution in [0.1, 0.15) is 103 Å². The van der Waals surface area contributed by atoms with Crippen molar-refractivity contribution in [2.24, 2.45) is 0 Å². The van der Waals surface area contributed by atoms with Crippen LogP contribution in [0.3, 0.4) is 0 Å². The van der Waals surface area contributed by atoms with Gasteiger partial charge in [0.2, 0.25) is 17.7 Å². The molecule has 3 fully saturated rings. The van der Waals surface area contributed by atoms with Crippen LogP contribution < -0.4 is 21.3 Å². The molecular weight excluding hydrogens is 714 g/mol. The Hall–Kier alpha value is -5.14. The average molecular weight is 766 g/mol. The van der Waals surface area contributed by atoms with Gasteiger partial charge in [-0.2, -0.15) is 0 Å². The first-order valence-corrected chi connectivity index (χ1v) is 18.4. The predicted molar refractivity (Wildman–Crippen MR) is 183 cm³/mol. The van der Waals surface area contributed by atoms with Crippen molar-refractivity contribution in [1.29, 1.82) is 0 Å². The number of hydroxylamine groups is 4. The van der Waals surface area contributed by atoms with E-state index in [2.05, 4.69) is 21.3 Å². The molecule has 0 aliphatic carbocycles. The number of amides is 9. The Morgan fingerprint density at radius 3 is 1.63 bits per heavy atom. The number of ether oxygens (including phenoxy) is 1. The summed E-state index contributed by atoms with van der Waals surface area (Å²) in [5.41, 5.74) is 0. The van der Waals surface area contributed by atoms with E-state index in [4.69, 9.17) is 14.4 Å². The number of hydrogen-bond acceptors (Lipinski definition) is 13. The summed E-state index contributed by atoms with van der Waals surface area (Å²) in [7, 11) is 0. The van der Waals surface area contributed by atoms with Gasteiger partial charge in [-0.1, -0.05) is 12.8 Å². The number of carbonyl (C=O) groups excluding carboxylic acids is 10. The molecular formula is C34H51N7O13. The first-order chi connectivity index (χ1) is 25.8. The maximum absolute atomic E-state index is 13.0. The molecule has 0 aromatic heterocycles. The maximum Gasteiger partial charge on any atom is 0.334 e. The Labute approximate surface area is 312 Å². The van der Waals surface area contributed by atoms with E-state index < -0.39 is 60.2 Å². The van der Waals surface area contributed by atoms with Gasteiger partial charge in [0.1, 0.15) is 0 Å². The summed E-state index contributed by atoms with van der Waals surface area (Å²) in [6, 6.07) is 0.101. The highest BCUT2D eigenvalue weighted by Crippen LogP contribution is 2.15. The molecule has 20 nitrogen and oxygen atoms in total. The van der Waals surface area contributed by atoms with Crippen molar-refractivity contribution in [2.45, 2.75) is 115 Å². The average Bonchev–Trinajstić information content (AvgIpc) is 3.75. The second kappa shape index (κ2) is 22.8. The van der Waals surface area contributed by atoms with Crippen molar-refractivity contribution >= 4 is 59.3 Å². The largest absolute Gasteiger partial charge is 0.381 e. The van der Waals surface area contributed by atoms with Crippen LogP contribution in [-0.4, -0.2) is 126 Å². The summed E-state index contributed by atoms with van der Waals surface area (Å²) in [5, 5.41) is 12.0. The van der Waals surface area contributed by atoms with Gasteiger partial charge < -0.3 is 40.6 Å². The fraction of sp³-hybridized carbons (Fsp3) is 0.706. The monoisotopic (exact) mass is 765 g/mol. The molecule has 2 unspecified atom stereocenters. The molecule has 0 saturated carbocycles. The summed E-state index contributed by atoms with van der Waals surface area (Å²) < 4.78 is 5.55. The molecule has 3 heterocycles. The van der Waals surface area contributed by atoms with Crippen LogP contribution in [0.4, 0.5) is 4.79 Å². The number of hydrogen-bond donors (Lipinski definition) is 4. The Balaban J connectivity index is 1.25. The summed E-state index contributed by atoms with van der Waals surface area (Å²) in [6.07, 6.45) is 3.31. The van der Waals surface area contributed by atoms with Gasteiger partial charge in [0, 0.05) is 90.4 Å². The molecule has 0 aromatic carbocycles. The van der Waals surface area contributed by atoms with Crippen molar-refractivity contribution < 1.29 is 62.4 Å². The lowest BCUT2D eigenvalue weighted by Crippen LogP contribution is -2.38. The van der Waals surface area contributed by atoms with Gasteiger partial charge in [0.25, 0.3) is 23.6 Å². The number of unbranched alkanes of at least 4 members (excludes halogenated alkanes) is 2. The third kappa shape index (κ3) is 15.5. The molecule has 4 N–H and O–H groups in total. The molecule has 3 aliphatic heterocycles. The van der Waals surface area contributed by atoms with Crippen molar-refractivity contribution in [2.75, 3.05) is 39.4 Å². The minimum absolute atomic E-state index is 0.0191. The SMILES string of the molecule is CC1NC(=O)NC1CCCCCC(=O)NCCCOCCCNC(=O)CCC(=O)N(CCC(=O)ON1C(=O)CCC1=O)CCC(=O)ON1C(=O)CCC1=O. The highest BCUT2D eigenvalue weighted by molar-refractivity contribution is 6.02. The lowest BCUT2D eigenvalue weighted by Gasteiger charge is -2.23. The Morgan fingerprint density at radius 1 is 0.648 bits per heavy atom. The molecule has 54 heavy (non-hydrogen) atoms. The molecule has 0 aromatic rings. The summed E-state index contributed by atoms with van der Waals surface area (Å²) in [6.45, 7) is 2.95. The number of rotatable bonds is 25. The fourth-order valence-electron chi connectivity index (χ4n) is 5.68. The topological polar surface area (TPSA) is 256 Å². The first kappa shape index (κ1) is 43.3. The van der Waals surface area contributed by atoms with E-state index in [9.17, 15) is 47.9 Å². The quantitative estimate of drug-likeness (QED) is 0.0685. The Kier molecular flexibility index (Phi) is 18.3. The van der Waals surface area contributed by atoms with Gasteiger partial charge >= 0.3 is 18.0 Å². The maximum atomic E-state index is 13.0. The van der Waals surface area contributed by atoms with E-state index in [1.165, 1.54) is 0 Å². The number of nitrogens with zero attached hydrogens (tertiary/aromatic N) is 3. The minimum Gasteiger partial charge on any atom is -0.381 e. The lowest BCUT2D eigenvalue weighted by atomic mass is 10.0. The van der Waals surface area contributed by atoms with Crippen LogP contribution in [0.15, 0.2) is 0 Å². The number of carbonyl (C=O) groups is 10. The smallest absolute Gasteiger partial charge is 0.334 e. The number of urea groups is 1. The zero-order chi connectivity index (χ0) is 39.5. The van der Waals surface area contributed by atoms with E-state index in [1.54, 1.807) is 0 Å². The zero-order valence-corrected chi connectivity index (χ0v) is 30.7. The number of nitrogens with one attached hydrogen (secondary N) is 4. The van der Waals surface area contributed by atoms with Crippen molar-refractivity contribution in [1.82, 2.24) is 36.3 Å². The molecule has 300 valence electrons. The standard InChI is InChI=1S/C34H51N7O13/c1-23-24(38-34(51)37-23)7-3-2-4-8-25(42)35-17-5-21-52-22-6-18-36-26(43)9-10-27(44)39(19-15-32(49)53-40-28(45)11-12-29(40)46)20-16-33(50)54-41-30(47)13-14-31(41)48/h23-24H,2-22H2,1H3,(H,35,42)(H,36,43)(H2,37,38,51). The zero-order valence-electron chi connectivity index (χ0n) is 30.7. The molecule has 0 radical (unpaired) electrons. The van der Waals surface area contributed by atoms with Gasteiger partial charge in [0.15, 0.2) is 0 Å². The number of imide groups is 2. The van der Waals surface area contributed by atoms with Crippen molar-refractivity contribution in [3.63, 3.8) is 0 Å². The van der Waals surface area contributed by atoms with Crippen LogP contribution in [0.5, 0.6) is 0 Å². The summed E-state index contributed by atoms with van der Waals surface area (Å²) >= 11 is 0. The van der Waals surface area contributed by atoms with Gasteiger partial charge in [-0.15, -0.1) is 10.1 Å². The van der Waals surface area contributed by atoms with E-state index in [0.29, 0.717) is 49.1 Å². The molecule has 3 saturated heterocycles. The third-order valence-electron chi connectivity index (χ3n) is 8.76. The van der Waals surface area contributed by atoms with Crippen LogP contribution >= 0.6 is 0 Å². The second-order valence-electron chi connectivity index (χ2n) is 13.1. The minimum atomic E-state index is -0.972. The molecule has 20 heteroatoms. The second-order valence-corrected chi connectivity index (χ2v) is 13.1. The van der Waals surface area contributed by atoms with Crippen LogP contribution in [0, 0.1) is 0 Å². The molecule has 0 spiro atoms. The van der Waals surface area contributed by atoms with Crippen molar-refractivity contribution in [3.05, 3.63) is 0 Å².